The molecule has 0 fully saturated rings. The van der Waals surface area contributed by atoms with Crippen LogP contribution in [0.15, 0.2) is 42.5 Å². The summed E-state index contributed by atoms with van der Waals surface area (Å²) in [6, 6.07) is 12.1. The van der Waals surface area contributed by atoms with Crippen molar-refractivity contribution in [2.24, 2.45) is 5.92 Å². The Morgan fingerprint density at radius 2 is 1.88 bits per heavy atom. The molecule has 1 amide bonds. The van der Waals surface area contributed by atoms with Gasteiger partial charge in [0.15, 0.2) is 5.92 Å². The highest BCUT2D eigenvalue weighted by molar-refractivity contribution is 6.08. The molecule has 0 aliphatic carbocycles. The molecular weight excluding hydrogens is 426 g/mol. The van der Waals surface area contributed by atoms with E-state index in [9.17, 15) is 9.59 Å². The van der Waals surface area contributed by atoms with Gasteiger partial charge in [-0.15, -0.1) is 0 Å². The van der Waals surface area contributed by atoms with Gasteiger partial charge in [-0.25, -0.2) is 4.98 Å². The summed E-state index contributed by atoms with van der Waals surface area (Å²) in [5.41, 5.74) is 2.12. The summed E-state index contributed by atoms with van der Waals surface area (Å²) in [4.78, 5) is 33.2. The predicted octanol–water partition coefficient (Wildman–Crippen LogP) is 2.82. The maximum absolute atomic E-state index is 13.8. The highest BCUT2D eigenvalue weighted by Crippen LogP contribution is 2.44. The molecule has 1 aromatic heterocycles. The van der Waals surface area contributed by atoms with Gasteiger partial charge < -0.3 is 23.5 Å². The Morgan fingerprint density at radius 1 is 1.09 bits per heavy atom. The number of benzene rings is 2. The number of carbonyl (C=O) groups is 2. The zero-order chi connectivity index (χ0) is 23.5. The van der Waals surface area contributed by atoms with E-state index in [0.717, 1.165) is 5.52 Å². The Balaban J connectivity index is 2.03. The largest absolute Gasteiger partial charge is 0.497 e. The lowest BCUT2D eigenvalue weighted by atomic mass is 9.88. The van der Waals surface area contributed by atoms with Gasteiger partial charge in [0.05, 0.1) is 51.1 Å². The number of amides is 1. The summed E-state index contributed by atoms with van der Waals surface area (Å²) in [6.07, 6.45) is 0. The van der Waals surface area contributed by atoms with Crippen LogP contribution in [-0.2, 0) is 19.1 Å². The number of methoxy groups -OCH3 is 3. The maximum Gasteiger partial charge on any atom is 0.321 e. The smallest absolute Gasteiger partial charge is 0.321 e. The Morgan fingerprint density at radius 3 is 2.58 bits per heavy atom. The molecule has 0 radical (unpaired) electrons. The van der Waals surface area contributed by atoms with Gasteiger partial charge >= 0.3 is 5.97 Å². The number of hydrogen-bond acceptors (Lipinski definition) is 7. The Labute approximate surface area is 191 Å². The number of esters is 1. The van der Waals surface area contributed by atoms with Crippen molar-refractivity contribution in [1.29, 1.82) is 0 Å². The highest BCUT2D eigenvalue weighted by Gasteiger charge is 2.48. The van der Waals surface area contributed by atoms with E-state index in [1.54, 1.807) is 46.5 Å². The number of para-hydroxylation sites is 2. The number of aromatic nitrogens is 2. The van der Waals surface area contributed by atoms with E-state index in [1.165, 1.54) is 4.90 Å². The topological polar surface area (TPSA) is 92.1 Å². The Kier molecular flexibility index (Phi) is 6.50. The first-order chi connectivity index (χ1) is 16.0. The first-order valence-electron chi connectivity index (χ1n) is 10.7. The zero-order valence-electron chi connectivity index (χ0n) is 19.1. The van der Waals surface area contributed by atoms with Gasteiger partial charge in [-0.05, 0) is 37.3 Å². The van der Waals surface area contributed by atoms with Gasteiger partial charge in [-0.3, -0.25) is 14.5 Å². The molecule has 9 heteroatoms. The van der Waals surface area contributed by atoms with Crippen LogP contribution in [0.3, 0.4) is 0 Å². The van der Waals surface area contributed by atoms with Gasteiger partial charge in [0.1, 0.15) is 11.5 Å². The number of ether oxygens (including phenoxy) is 4. The number of nitrogens with zero attached hydrogens (tertiary/aromatic N) is 3. The van der Waals surface area contributed by atoms with Crippen molar-refractivity contribution in [1.82, 2.24) is 9.55 Å². The second kappa shape index (κ2) is 9.50. The maximum atomic E-state index is 13.8. The van der Waals surface area contributed by atoms with E-state index in [4.69, 9.17) is 23.9 Å². The van der Waals surface area contributed by atoms with Crippen LogP contribution < -0.4 is 14.4 Å². The van der Waals surface area contributed by atoms with Crippen molar-refractivity contribution in [3.63, 3.8) is 0 Å². The molecule has 4 rings (SSSR count). The van der Waals surface area contributed by atoms with Crippen LogP contribution in [0.1, 0.15) is 18.5 Å². The van der Waals surface area contributed by atoms with Gasteiger partial charge in [0.2, 0.25) is 11.9 Å². The number of imidazole rings is 1. The second-order valence-corrected chi connectivity index (χ2v) is 7.54. The number of hydrogen-bond donors (Lipinski definition) is 0. The Bertz CT molecular complexity index is 1170. The average molecular weight is 453 g/mol. The lowest BCUT2D eigenvalue weighted by molar-refractivity contribution is -0.153. The van der Waals surface area contributed by atoms with Crippen LogP contribution in [0.5, 0.6) is 11.5 Å². The zero-order valence-corrected chi connectivity index (χ0v) is 19.1. The van der Waals surface area contributed by atoms with E-state index in [2.05, 4.69) is 0 Å². The van der Waals surface area contributed by atoms with Gasteiger partial charge in [0.25, 0.3) is 0 Å². The molecule has 1 aliphatic rings. The third-order valence-corrected chi connectivity index (χ3v) is 5.76. The van der Waals surface area contributed by atoms with E-state index >= 15 is 0 Å². The van der Waals surface area contributed by atoms with Crippen LogP contribution in [0.2, 0.25) is 0 Å². The van der Waals surface area contributed by atoms with E-state index < -0.39 is 23.8 Å². The molecule has 9 nitrogen and oxygen atoms in total. The van der Waals surface area contributed by atoms with Crippen molar-refractivity contribution in [3.8, 4) is 11.5 Å². The van der Waals surface area contributed by atoms with Crippen LogP contribution in [0.4, 0.5) is 5.95 Å². The molecule has 0 bridgehead atoms. The van der Waals surface area contributed by atoms with E-state index in [-0.39, 0.29) is 19.8 Å². The van der Waals surface area contributed by atoms with Crippen molar-refractivity contribution < 1.29 is 28.5 Å². The molecule has 0 N–H and O–H groups in total. The standard InChI is InChI=1S/C24H27N3O6/c1-5-33-23(29)20-21(16-14-15(31-3)10-11-19(16)32-4)27-18-9-7-6-8-17(18)25-24(27)26(22(20)28)12-13-30-2/h6-11,14,20-21H,5,12-13H2,1-4H3. The first kappa shape index (κ1) is 22.6. The van der Waals surface area contributed by atoms with Gasteiger partial charge in [-0.2, -0.15) is 0 Å². The third-order valence-electron chi connectivity index (χ3n) is 5.76. The molecule has 2 aromatic carbocycles. The summed E-state index contributed by atoms with van der Waals surface area (Å²) in [7, 11) is 4.67. The molecule has 33 heavy (non-hydrogen) atoms. The van der Waals surface area contributed by atoms with Crippen molar-refractivity contribution in [3.05, 3.63) is 48.0 Å². The minimum atomic E-state index is -1.15. The number of fused-ring (bicyclic) bond motifs is 3. The second-order valence-electron chi connectivity index (χ2n) is 7.54. The van der Waals surface area contributed by atoms with E-state index in [0.29, 0.717) is 28.5 Å². The molecule has 0 saturated heterocycles. The fourth-order valence-corrected chi connectivity index (χ4v) is 4.29. The van der Waals surface area contributed by atoms with Crippen LogP contribution in [0, 0.1) is 5.92 Å². The Hall–Kier alpha value is -3.59. The lowest BCUT2D eigenvalue weighted by Crippen LogP contribution is -2.51. The minimum absolute atomic E-state index is 0.153. The highest BCUT2D eigenvalue weighted by atomic mass is 16.5. The first-order valence-corrected chi connectivity index (χ1v) is 10.7. The number of carbonyl (C=O) groups excluding carboxylic acids is 2. The van der Waals surface area contributed by atoms with Crippen molar-refractivity contribution >= 4 is 28.9 Å². The van der Waals surface area contributed by atoms with E-state index in [1.807, 2.05) is 28.8 Å². The summed E-state index contributed by atoms with van der Waals surface area (Å²) in [6.45, 7) is 2.40. The molecule has 2 heterocycles. The SMILES string of the molecule is CCOC(=O)C1C(=O)N(CCOC)c2nc3ccccc3n2C1c1cc(OC)ccc1OC. The quantitative estimate of drug-likeness (QED) is 0.383. The van der Waals surface area contributed by atoms with Crippen LogP contribution in [-0.4, -0.2) is 62.5 Å². The molecule has 0 spiro atoms. The molecular formula is C24H27N3O6. The molecule has 3 aromatic rings. The summed E-state index contributed by atoms with van der Waals surface area (Å²) < 4.78 is 23.6. The van der Waals surface area contributed by atoms with Crippen LogP contribution >= 0.6 is 0 Å². The van der Waals surface area contributed by atoms with Crippen LogP contribution in [0.25, 0.3) is 11.0 Å². The minimum Gasteiger partial charge on any atom is -0.497 e. The lowest BCUT2D eigenvalue weighted by Gasteiger charge is -2.38. The third kappa shape index (κ3) is 3.89. The molecule has 0 saturated carbocycles. The van der Waals surface area contributed by atoms with Crippen molar-refractivity contribution in [2.75, 3.05) is 46.0 Å². The summed E-state index contributed by atoms with van der Waals surface area (Å²) >= 11 is 0. The molecule has 2 atom stereocenters. The van der Waals surface area contributed by atoms with Gasteiger partial charge in [0, 0.05) is 12.7 Å². The summed E-state index contributed by atoms with van der Waals surface area (Å²) in [5.74, 6) is -0.612. The fraction of sp³-hybridized carbons (Fsp3) is 0.375. The average Bonchev–Trinajstić information content (AvgIpc) is 3.21. The fourth-order valence-electron chi connectivity index (χ4n) is 4.29. The summed E-state index contributed by atoms with van der Waals surface area (Å²) in [5, 5.41) is 0. The predicted molar refractivity (Wildman–Crippen MR) is 122 cm³/mol. The number of anilines is 1. The normalized spacial score (nSPS) is 17.7. The van der Waals surface area contributed by atoms with Crippen molar-refractivity contribution in [2.45, 2.75) is 13.0 Å². The molecule has 1 aliphatic heterocycles. The molecule has 174 valence electrons. The molecule has 2 unspecified atom stereocenters. The number of rotatable bonds is 8. The van der Waals surface area contributed by atoms with Gasteiger partial charge in [-0.1, -0.05) is 12.1 Å². The monoisotopic (exact) mass is 453 g/mol.